The van der Waals surface area contributed by atoms with Crippen LogP contribution in [0.5, 0.6) is 0 Å². The minimum Gasteiger partial charge on any atom is -0.264 e. The minimum absolute atomic E-state index is 0.00839. The van der Waals surface area contributed by atoms with Gasteiger partial charge in [-0.15, -0.1) is 16.6 Å². The van der Waals surface area contributed by atoms with Gasteiger partial charge in [-0.05, 0) is 35.4 Å². The van der Waals surface area contributed by atoms with Crippen molar-refractivity contribution in [1.29, 1.82) is 5.26 Å². The highest BCUT2D eigenvalue weighted by Gasteiger charge is 2.31. The quantitative estimate of drug-likeness (QED) is 0.701. The monoisotopic (exact) mass is 405 g/mol. The van der Waals surface area contributed by atoms with Gasteiger partial charge >= 0.3 is 6.18 Å². The molecule has 0 saturated heterocycles. The van der Waals surface area contributed by atoms with Gasteiger partial charge in [0.25, 0.3) is 0 Å². The molecule has 10 heteroatoms. The molecule has 3 rings (SSSR count). The van der Waals surface area contributed by atoms with Crippen molar-refractivity contribution < 1.29 is 13.2 Å². The van der Waals surface area contributed by atoms with Crippen molar-refractivity contribution in [3.8, 4) is 18.4 Å². The number of hydrogen-bond donors (Lipinski definition) is 0. The molecule has 136 valence electrons. The number of thioether (sulfide) groups is 2. The summed E-state index contributed by atoms with van der Waals surface area (Å²) in [7, 11) is 1.74. The standard InChI is InChI=1S/C17H10F3N5S2/c1-3-13-7-14-15(23-22-13)27-16(24-25(14)2)26-9-10-4-5-12(17(18,19)20)6-11(10)8-21/h1,4-7H,9H2,2H3. The van der Waals surface area contributed by atoms with E-state index in [2.05, 4.69) is 21.2 Å². The summed E-state index contributed by atoms with van der Waals surface area (Å²) in [5.41, 5.74) is 0.771. The molecule has 2 heterocycles. The van der Waals surface area contributed by atoms with Gasteiger partial charge in [0.2, 0.25) is 0 Å². The number of nitriles is 1. The highest BCUT2D eigenvalue weighted by Crippen LogP contribution is 2.38. The molecule has 0 atom stereocenters. The maximum Gasteiger partial charge on any atom is 0.416 e. The number of halogens is 3. The van der Waals surface area contributed by atoms with Crippen molar-refractivity contribution in [1.82, 2.24) is 10.2 Å². The minimum atomic E-state index is -4.48. The molecule has 0 radical (unpaired) electrons. The van der Waals surface area contributed by atoms with Gasteiger partial charge in [-0.1, -0.05) is 17.8 Å². The lowest BCUT2D eigenvalue weighted by atomic mass is 10.1. The number of alkyl halides is 3. The Kier molecular flexibility index (Phi) is 5.31. The number of aromatic nitrogens is 2. The third kappa shape index (κ3) is 4.18. The van der Waals surface area contributed by atoms with E-state index in [1.54, 1.807) is 18.1 Å². The van der Waals surface area contributed by atoms with E-state index >= 15 is 0 Å². The Morgan fingerprint density at radius 1 is 1.30 bits per heavy atom. The van der Waals surface area contributed by atoms with Crippen LogP contribution in [0.1, 0.15) is 22.4 Å². The van der Waals surface area contributed by atoms with Crippen LogP contribution < -0.4 is 5.01 Å². The number of hydrazone groups is 1. The lowest BCUT2D eigenvalue weighted by Crippen LogP contribution is -2.17. The van der Waals surface area contributed by atoms with Gasteiger partial charge in [0, 0.05) is 18.9 Å². The zero-order chi connectivity index (χ0) is 19.6. The Morgan fingerprint density at radius 2 is 2.07 bits per heavy atom. The lowest BCUT2D eigenvalue weighted by Gasteiger charge is -2.22. The average Bonchev–Trinajstić information content (AvgIpc) is 2.65. The molecule has 2 aromatic rings. The van der Waals surface area contributed by atoms with Crippen molar-refractivity contribution in [3.63, 3.8) is 0 Å². The second-order valence-corrected chi connectivity index (χ2v) is 7.53. The number of hydrogen-bond acceptors (Lipinski definition) is 7. The van der Waals surface area contributed by atoms with Gasteiger partial charge < -0.3 is 0 Å². The molecular weight excluding hydrogens is 395 g/mol. The summed E-state index contributed by atoms with van der Waals surface area (Å²) in [5.74, 6) is 2.71. The summed E-state index contributed by atoms with van der Waals surface area (Å²) < 4.78 is 39.0. The summed E-state index contributed by atoms with van der Waals surface area (Å²) in [6.45, 7) is 0. The summed E-state index contributed by atoms with van der Waals surface area (Å²) in [6, 6.07) is 6.67. The number of nitrogens with zero attached hydrogens (tertiary/aromatic N) is 5. The summed E-state index contributed by atoms with van der Waals surface area (Å²) in [6.07, 6.45) is 0.835. The number of anilines is 1. The third-order valence-electron chi connectivity index (χ3n) is 3.56. The van der Waals surface area contributed by atoms with Gasteiger partial charge in [0.15, 0.2) is 9.40 Å². The Labute approximate surface area is 161 Å². The SMILES string of the molecule is C#Cc1cc2c(nn1)SC(SCc1ccc(C(F)(F)F)cc1C#N)=NN2C. The fraction of sp³-hybridized carbons (Fsp3) is 0.176. The molecule has 1 aromatic heterocycles. The van der Waals surface area contributed by atoms with Gasteiger partial charge in [0.1, 0.15) is 5.69 Å². The summed E-state index contributed by atoms with van der Waals surface area (Å²) in [4.78, 5) is 0. The first-order valence-electron chi connectivity index (χ1n) is 7.39. The molecule has 0 amide bonds. The Bertz CT molecular complexity index is 1010. The van der Waals surface area contributed by atoms with E-state index in [1.807, 2.05) is 6.07 Å². The Balaban J connectivity index is 1.76. The Hall–Kier alpha value is -2.69. The largest absolute Gasteiger partial charge is 0.416 e. The predicted octanol–water partition coefficient (Wildman–Crippen LogP) is 4.09. The molecule has 0 saturated carbocycles. The summed E-state index contributed by atoms with van der Waals surface area (Å²) in [5, 5.41) is 23.8. The van der Waals surface area contributed by atoms with Gasteiger partial charge in [0.05, 0.1) is 22.9 Å². The van der Waals surface area contributed by atoms with Crippen molar-refractivity contribution in [2.24, 2.45) is 5.10 Å². The van der Waals surface area contributed by atoms with E-state index in [9.17, 15) is 13.2 Å². The van der Waals surface area contributed by atoms with Crippen LogP contribution in [-0.2, 0) is 11.9 Å². The van der Waals surface area contributed by atoms with E-state index in [1.165, 1.54) is 29.6 Å². The van der Waals surface area contributed by atoms with Crippen LogP contribution in [-0.4, -0.2) is 21.6 Å². The highest BCUT2D eigenvalue weighted by molar-refractivity contribution is 8.38. The Morgan fingerprint density at radius 3 is 2.74 bits per heavy atom. The van der Waals surface area contributed by atoms with Crippen LogP contribution in [0.3, 0.4) is 0 Å². The van der Waals surface area contributed by atoms with E-state index in [0.29, 0.717) is 26.4 Å². The highest BCUT2D eigenvalue weighted by atomic mass is 32.2. The van der Waals surface area contributed by atoms with Crippen molar-refractivity contribution >= 4 is 33.6 Å². The maximum atomic E-state index is 12.8. The van der Waals surface area contributed by atoms with Gasteiger partial charge in [-0.3, -0.25) is 5.01 Å². The number of fused-ring (bicyclic) bond motifs is 1. The fourth-order valence-electron chi connectivity index (χ4n) is 2.21. The average molecular weight is 405 g/mol. The number of rotatable bonds is 2. The predicted molar refractivity (Wildman–Crippen MR) is 99.1 cm³/mol. The molecule has 1 aromatic carbocycles. The number of benzene rings is 1. The van der Waals surface area contributed by atoms with Crippen molar-refractivity contribution in [2.75, 3.05) is 12.1 Å². The smallest absolute Gasteiger partial charge is 0.264 e. The van der Waals surface area contributed by atoms with Crippen LogP contribution in [0, 0.1) is 23.7 Å². The van der Waals surface area contributed by atoms with Crippen LogP contribution in [0.2, 0.25) is 0 Å². The molecule has 0 aliphatic carbocycles. The molecule has 27 heavy (non-hydrogen) atoms. The van der Waals surface area contributed by atoms with Crippen LogP contribution in [0.15, 0.2) is 34.4 Å². The molecule has 0 spiro atoms. The van der Waals surface area contributed by atoms with E-state index in [-0.39, 0.29) is 5.56 Å². The molecule has 1 aliphatic rings. The van der Waals surface area contributed by atoms with E-state index in [4.69, 9.17) is 11.7 Å². The molecule has 0 N–H and O–H groups in total. The third-order valence-corrected chi connectivity index (χ3v) is 5.69. The zero-order valence-corrected chi connectivity index (χ0v) is 15.4. The molecule has 0 unspecified atom stereocenters. The maximum absolute atomic E-state index is 12.8. The number of terminal acetylenes is 1. The molecular formula is C17H10F3N5S2. The molecule has 1 aliphatic heterocycles. The first-order chi connectivity index (χ1) is 12.8. The normalized spacial score (nSPS) is 13.4. The first-order valence-corrected chi connectivity index (χ1v) is 9.19. The van der Waals surface area contributed by atoms with Crippen molar-refractivity contribution in [2.45, 2.75) is 17.0 Å². The lowest BCUT2D eigenvalue weighted by molar-refractivity contribution is -0.137. The topological polar surface area (TPSA) is 65.2 Å². The van der Waals surface area contributed by atoms with Crippen LogP contribution >= 0.6 is 23.5 Å². The zero-order valence-electron chi connectivity index (χ0n) is 13.8. The molecule has 0 bridgehead atoms. The second-order valence-electron chi connectivity index (χ2n) is 5.33. The summed E-state index contributed by atoms with van der Waals surface area (Å²) >= 11 is 2.59. The van der Waals surface area contributed by atoms with Crippen LogP contribution in [0.4, 0.5) is 18.9 Å². The fourth-order valence-corrected chi connectivity index (χ4v) is 4.27. The van der Waals surface area contributed by atoms with Crippen LogP contribution in [0.25, 0.3) is 0 Å². The van der Waals surface area contributed by atoms with Gasteiger partial charge in [-0.2, -0.15) is 23.5 Å². The molecule has 0 fully saturated rings. The van der Waals surface area contributed by atoms with E-state index in [0.717, 1.165) is 17.8 Å². The van der Waals surface area contributed by atoms with Gasteiger partial charge in [-0.25, -0.2) is 0 Å². The van der Waals surface area contributed by atoms with Crippen molar-refractivity contribution in [3.05, 3.63) is 46.6 Å². The second kappa shape index (κ2) is 7.51. The van der Waals surface area contributed by atoms with E-state index < -0.39 is 11.7 Å². The first kappa shape index (κ1) is 19.1. The molecule has 5 nitrogen and oxygen atoms in total.